The minimum absolute atomic E-state index is 0.0497. The maximum Gasteiger partial charge on any atom is 0.257 e. The highest BCUT2D eigenvalue weighted by molar-refractivity contribution is 6.30. The molecule has 0 saturated carbocycles. The number of para-hydroxylation sites is 1. The highest BCUT2D eigenvalue weighted by Gasteiger charge is 2.28. The molecule has 1 aliphatic heterocycles. The fraction of sp³-hybridized carbons (Fsp3) is 0.115. The molecule has 3 amide bonds. The summed E-state index contributed by atoms with van der Waals surface area (Å²) in [5.74, 6) is -0.811. The average Bonchev–Trinajstić information content (AvgIpc) is 2.81. The van der Waals surface area contributed by atoms with Gasteiger partial charge in [-0.3, -0.25) is 14.4 Å². The third-order valence-corrected chi connectivity index (χ3v) is 5.65. The summed E-state index contributed by atoms with van der Waals surface area (Å²) in [5.41, 5.74) is 3.18. The maximum atomic E-state index is 13.0. The molecule has 1 aliphatic rings. The maximum absolute atomic E-state index is 13.0. The Morgan fingerprint density at radius 2 is 1.61 bits per heavy atom. The Balaban J connectivity index is 1.52. The molecule has 7 heteroatoms. The number of carbonyl (C=O) groups is 3. The van der Waals surface area contributed by atoms with Gasteiger partial charge in [0.1, 0.15) is 0 Å². The summed E-state index contributed by atoms with van der Waals surface area (Å²) >= 11 is 5.90. The van der Waals surface area contributed by atoms with Crippen LogP contribution in [0.5, 0.6) is 0 Å². The van der Waals surface area contributed by atoms with Crippen LogP contribution in [0.2, 0.25) is 5.02 Å². The highest BCUT2D eigenvalue weighted by atomic mass is 35.5. The molecule has 2 N–H and O–H groups in total. The summed E-state index contributed by atoms with van der Waals surface area (Å²) in [5, 5.41) is 6.21. The van der Waals surface area contributed by atoms with Crippen LogP contribution < -0.4 is 10.6 Å². The van der Waals surface area contributed by atoms with Gasteiger partial charge in [0.05, 0.1) is 23.7 Å². The van der Waals surface area contributed by atoms with Crippen LogP contribution in [0.3, 0.4) is 0 Å². The van der Waals surface area contributed by atoms with Crippen LogP contribution in [-0.2, 0) is 9.59 Å². The molecule has 0 radical (unpaired) electrons. The molecule has 1 heterocycles. The Kier molecular flexibility index (Phi) is 6.56. The van der Waals surface area contributed by atoms with Crippen LogP contribution in [0.25, 0.3) is 6.08 Å². The van der Waals surface area contributed by atoms with Crippen LogP contribution in [0.15, 0.2) is 79.0 Å². The summed E-state index contributed by atoms with van der Waals surface area (Å²) < 4.78 is 0. The Morgan fingerprint density at radius 1 is 0.909 bits per heavy atom. The Labute approximate surface area is 196 Å². The molecule has 1 unspecified atom stereocenters. The lowest BCUT2D eigenvalue weighted by molar-refractivity contribution is -0.129. The van der Waals surface area contributed by atoms with E-state index in [2.05, 4.69) is 10.6 Å². The van der Waals surface area contributed by atoms with E-state index in [1.165, 1.54) is 6.92 Å². The van der Waals surface area contributed by atoms with Gasteiger partial charge in [0, 0.05) is 23.8 Å². The second-order valence-corrected chi connectivity index (χ2v) is 8.08. The molecule has 0 aliphatic carbocycles. The molecule has 166 valence electrons. The smallest absolute Gasteiger partial charge is 0.257 e. The van der Waals surface area contributed by atoms with Gasteiger partial charge in [-0.2, -0.15) is 0 Å². The average molecular weight is 460 g/mol. The Bertz CT molecular complexity index is 1240. The molecule has 3 aromatic carbocycles. The lowest BCUT2D eigenvalue weighted by Crippen LogP contribution is -2.33. The quantitative estimate of drug-likeness (QED) is 0.529. The van der Waals surface area contributed by atoms with Crippen LogP contribution in [0.4, 0.5) is 11.4 Å². The molecule has 0 aromatic heterocycles. The SMILES string of the molecule is CC(=O)N1C=Cc2ccccc2C1CC(=O)Nc1ccccc1C(=O)Nc1ccc(Cl)cc1. The summed E-state index contributed by atoms with van der Waals surface area (Å²) in [7, 11) is 0. The molecule has 4 rings (SSSR count). The van der Waals surface area contributed by atoms with Crippen molar-refractivity contribution in [3.63, 3.8) is 0 Å². The number of carbonyl (C=O) groups excluding carboxylic acids is 3. The number of hydrogen-bond donors (Lipinski definition) is 2. The Morgan fingerprint density at radius 3 is 2.36 bits per heavy atom. The summed E-state index contributed by atoms with van der Waals surface area (Å²) in [6, 6.07) is 20.8. The van der Waals surface area contributed by atoms with Gasteiger partial charge in [0.15, 0.2) is 0 Å². The van der Waals surface area contributed by atoms with Crippen molar-refractivity contribution in [2.24, 2.45) is 0 Å². The van der Waals surface area contributed by atoms with Crippen molar-refractivity contribution in [3.8, 4) is 0 Å². The first-order valence-electron chi connectivity index (χ1n) is 10.4. The topological polar surface area (TPSA) is 78.5 Å². The molecule has 6 nitrogen and oxygen atoms in total. The van der Waals surface area contributed by atoms with Crippen molar-refractivity contribution < 1.29 is 14.4 Å². The number of amides is 3. The first kappa shape index (κ1) is 22.3. The van der Waals surface area contributed by atoms with E-state index < -0.39 is 6.04 Å². The van der Waals surface area contributed by atoms with Crippen LogP contribution in [0, 0.1) is 0 Å². The Hall–Kier alpha value is -3.90. The van der Waals surface area contributed by atoms with E-state index in [0.29, 0.717) is 22.0 Å². The van der Waals surface area contributed by atoms with E-state index in [0.717, 1.165) is 11.1 Å². The molecular formula is C26H22ClN3O3. The molecule has 3 aromatic rings. The van der Waals surface area contributed by atoms with Crippen LogP contribution >= 0.6 is 11.6 Å². The van der Waals surface area contributed by atoms with Gasteiger partial charge >= 0.3 is 0 Å². The molecule has 33 heavy (non-hydrogen) atoms. The number of anilines is 2. The monoisotopic (exact) mass is 459 g/mol. The minimum atomic E-state index is -0.432. The number of hydrogen-bond acceptors (Lipinski definition) is 3. The first-order valence-corrected chi connectivity index (χ1v) is 10.8. The fourth-order valence-electron chi connectivity index (χ4n) is 3.81. The molecule has 0 bridgehead atoms. The zero-order valence-corrected chi connectivity index (χ0v) is 18.7. The van der Waals surface area contributed by atoms with Crippen LogP contribution in [-0.4, -0.2) is 22.6 Å². The minimum Gasteiger partial charge on any atom is -0.325 e. The normalized spacial score (nSPS) is 14.4. The number of halogens is 1. The van der Waals surface area contributed by atoms with E-state index in [-0.39, 0.29) is 24.1 Å². The number of nitrogens with zero attached hydrogens (tertiary/aromatic N) is 1. The van der Waals surface area contributed by atoms with Crippen molar-refractivity contribution in [2.75, 3.05) is 10.6 Å². The van der Waals surface area contributed by atoms with Crippen LogP contribution in [0.1, 0.15) is 40.9 Å². The third-order valence-electron chi connectivity index (χ3n) is 5.40. The second kappa shape index (κ2) is 9.71. The lowest BCUT2D eigenvalue weighted by atomic mass is 9.93. The van der Waals surface area contributed by atoms with E-state index in [1.807, 2.05) is 30.3 Å². The second-order valence-electron chi connectivity index (χ2n) is 7.65. The number of benzene rings is 3. The summed E-state index contributed by atoms with van der Waals surface area (Å²) in [6.07, 6.45) is 3.62. The van der Waals surface area contributed by atoms with Crippen molar-refractivity contribution in [1.82, 2.24) is 4.90 Å². The standard InChI is InChI=1S/C26H22ClN3O3/c1-17(31)30-15-14-18-6-2-3-7-21(18)24(30)16-25(32)29-23-9-5-4-8-22(23)26(33)28-20-12-10-19(27)11-13-20/h2-15,24H,16H2,1H3,(H,28,33)(H,29,32). The first-order chi connectivity index (χ1) is 15.9. The van der Waals surface area contributed by atoms with Gasteiger partial charge in [0.25, 0.3) is 5.91 Å². The zero-order valence-electron chi connectivity index (χ0n) is 17.9. The van der Waals surface area contributed by atoms with E-state index >= 15 is 0 Å². The lowest BCUT2D eigenvalue weighted by Gasteiger charge is -2.32. The van der Waals surface area contributed by atoms with E-state index in [9.17, 15) is 14.4 Å². The van der Waals surface area contributed by atoms with Crippen molar-refractivity contribution >= 4 is 46.8 Å². The number of rotatable bonds is 5. The number of fused-ring (bicyclic) bond motifs is 1. The highest BCUT2D eigenvalue weighted by Crippen LogP contribution is 2.33. The summed E-state index contributed by atoms with van der Waals surface area (Å²) in [4.78, 5) is 39.6. The van der Waals surface area contributed by atoms with Crippen molar-refractivity contribution in [3.05, 3.63) is 101 Å². The van der Waals surface area contributed by atoms with Gasteiger partial charge in [0.2, 0.25) is 11.8 Å². The largest absolute Gasteiger partial charge is 0.325 e. The van der Waals surface area contributed by atoms with E-state index in [4.69, 9.17) is 11.6 Å². The van der Waals surface area contributed by atoms with Gasteiger partial charge in [-0.25, -0.2) is 0 Å². The molecular weight excluding hydrogens is 438 g/mol. The molecule has 0 fully saturated rings. The van der Waals surface area contributed by atoms with E-state index in [1.54, 1.807) is 59.6 Å². The number of nitrogens with one attached hydrogen (secondary N) is 2. The predicted molar refractivity (Wildman–Crippen MR) is 130 cm³/mol. The molecule has 0 saturated heterocycles. The predicted octanol–water partition coefficient (Wildman–Crippen LogP) is 5.50. The van der Waals surface area contributed by atoms with Gasteiger partial charge < -0.3 is 15.5 Å². The van der Waals surface area contributed by atoms with Crippen molar-refractivity contribution in [2.45, 2.75) is 19.4 Å². The van der Waals surface area contributed by atoms with Gasteiger partial charge in [-0.05, 0) is 53.6 Å². The fourth-order valence-corrected chi connectivity index (χ4v) is 3.94. The third kappa shape index (κ3) is 5.13. The zero-order chi connectivity index (χ0) is 23.4. The summed E-state index contributed by atoms with van der Waals surface area (Å²) in [6.45, 7) is 1.47. The van der Waals surface area contributed by atoms with Gasteiger partial charge in [-0.15, -0.1) is 0 Å². The van der Waals surface area contributed by atoms with Gasteiger partial charge in [-0.1, -0.05) is 48.0 Å². The molecule has 1 atom stereocenters. The molecule has 0 spiro atoms. The van der Waals surface area contributed by atoms with Crippen molar-refractivity contribution in [1.29, 1.82) is 0 Å².